The van der Waals surface area contributed by atoms with E-state index in [0.717, 1.165) is 26.9 Å². The topological polar surface area (TPSA) is 72.0 Å². The average Bonchev–Trinajstić information content (AvgIpc) is 2.85. The van der Waals surface area contributed by atoms with Gasteiger partial charge in [-0.15, -0.1) is 11.3 Å². The molecule has 0 amide bonds. The molecule has 20 heavy (non-hydrogen) atoms. The van der Waals surface area contributed by atoms with E-state index in [9.17, 15) is 0 Å². The molecule has 2 aromatic rings. The van der Waals surface area contributed by atoms with E-state index in [1.54, 1.807) is 0 Å². The van der Waals surface area contributed by atoms with Crippen LogP contribution >= 0.6 is 11.3 Å². The van der Waals surface area contributed by atoms with Crippen molar-refractivity contribution in [1.82, 2.24) is 4.98 Å². The highest BCUT2D eigenvalue weighted by molar-refractivity contribution is 7.17. The van der Waals surface area contributed by atoms with Crippen molar-refractivity contribution in [3.8, 4) is 16.3 Å². The molecule has 0 aliphatic carbocycles. The van der Waals surface area contributed by atoms with Crippen molar-refractivity contribution in [3.05, 3.63) is 34.8 Å². The van der Waals surface area contributed by atoms with Gasteiger partial charge in [-0.05, 0) is 25.0 Å². The Labute approximate surface area is 123 Å². The summed E-state index contributed by atoms with van der Waals surface area (Å²) in [5, 5.41) is 8.55. The first-order valence-corrected chi connectivity index (χ1v) is 7.43. The third-order valence-corrected chi connectivity index (χ3v) is 4.00. The average molecular weight is 289 g/mol. The number of aromatic nitrogens is 1. The molecule has 0 bridgehead atoms. The van der Waals surface area contributed by atoms with Gasteiger partial charge in [-0.2, -0.15) is 0 Å². The number of ether oxygens (including phenoxy) is 1. The molecular formula is C15H19N3OS. The maximum atomic E-state index is 7.70. The molecule has 0 unspecified atom stereocenters. The summed E-state index contributed by atoms with van der Waals surface area (Å²) >= 11 is 1.45. The SMILES string of the molecule is CCOc1ccccc1-c1nc(C(C)C)c(C(=N)N)s1. The molecule has 1 aromatic carbocycles. The largest absolute Gasteiger partial charge is 0.493 e. The Hall–Kier alpha value is -1.88. The quantitative estimate of drug-likeness (QED) is 0.652. The Balaban J connectivity index is 2.53. The number of hydrogen-bond donors (Lipinski definition) is 2. The summed E-state index contributed by atoms with van der Waals surface area (Å²) in [6.45, 7) is 6.68. The Bertz CT molecular complexity index is 619. The Morgan fingerprint density at radius 1 is 1.40 bits per heavy atom. The minimum Gasteiger partial charge on any atom is -0.493 e. The van der Waals surface area contributed by atoms with Crippen LogP contribution in [-0.4, -0.2) is 17.4 Å². The first kappa shape index (κ1) is 14.5. The van der Waals surface area contributed by atoms with Crippen molar-refractivity contribution < 1.29 is 4.74 Å². The van der Waals surface area contributed by atoms with Crippen LogP contribution in [-0.2, 0) is 0 Å². The second-order valence-electron chi connectivity index (χ2n) is 4.73. The fraction of sp³-hybridized carbons (Fsp3) is 0.333. The van der Waals surface area contributed by atoms with Gasteiger partial charge in [0.05, 0.1) is 22.7 Å². The maximum absolute atomic E-state index is 7.70. The number of rotatable bonds is 5. The zero-order valence-corrected chi connectivity index (χ0v) is 12.8. The number of nitrogens with zero attached hydrogens (tertiary/aromatic N) is 1. The van der Waals surface area contributed by atoms with Gasteiger partial charge < -0.3 is 10.5 Å². The lowest BCUT2D eigenvalue weighted by Gasteiger charge is -2.07. The standard InChI is InChI=1S/C15H19N3OS/c1-4-19-11-8-6-5-7-10(11)15-18-12(9(2)3)13(20-15)14(16)17/h5-9H,4H2,1-3H3,(H3,16,17). The lowest BCUT2D eigenvalue weighted by molar-refractivity contribution is 0.341. The highest BCUT2D eigenvalue weighted by atomic mass is 32.1. The molecule has 0 aliphatic rings. The molecule has 0 saturated heterocycles. The van der Waals surface area contributed by atoms with Crippen molar-refractivity contribution in [1.29, 1.82) is 5.41 Å². The van der Waals surface area contributed by atoms with E-state index in [2.05, 4.69) is 18.8 Å². The van der Waals surface area contributed by atoms with Crippen molar-refractivity contribution in [2.75, 3.05) is 6.61 Å². The molecular weight excluding hydrogens is 270 g/mol. The molecule has 0 spiro atoms. The van der Waals surface area contributed by atoms with Gasteiger partial charge in [0.2, 0.25) is 0 Å². The lowest BCUT2D eigenvalue weighted by Crippen LogP contribution is -2.12. The van der Waals surface area contributed by atoms with Gasteiger partial charge in [0.1, 0.15) is 16.6 Å². The predicted octanol–water partition coefficient (Wildman–Crippen LogP) is 3.62. The van der Waals surface area contributed by atoms with Crippen LogP contribution in [0.2, 0.25) is 0 Å². The molecule has 1 heterocycles. The molecule has 0 fully saturated rings. The molecule has 5 heteroatoms. The smallest absolute Gasteiger partial charge is 0.135 e. The van der Waals surface area contributed by atoms with Crippen LogP contribution in [0.25, 0.3) is 10.6 Å². The zero-order chi connectivity index (χ0) is 14.7. The Morgan fingerprint density at radius 3 is 2.65 bits per heavy atom. The second kappa shape index (κ2) is 6.05. The van der Waals surface area contributed by atoms with E-state index in [1.807, 2.05) is 31.2 Å². The highest BCUT2D eigenvalue weighted by Crippen LogP contribution is 2.36. The summed E-state index contributed by atoms with van der Waals surface area (Å²) in [5.41, 5.74) is 7.49. The maximum Gasteiger partial charge on any atom is 0.135 e. The molecule has 0 saturated carbocycles. The molecule has 106 valence electrons. The normalized spacial score (nSPS) is 10.8. The van der Waals surface area contributed by atoms with Crippen molar-refractivity contribution in [2.45, 2.75) is 26.7 Å². The van der Waals surface area contributed by atoms with E-state index in [1.165, 1.54) is 11.3 Å². The molecule has 3 N–H and O–H groups in total. The first-order valence-electron chi connectivity index (χ1n) is 6.61. The summed E-state index contributed by atoms with van der Waals surface area (Å²) in [6, 6.07) is 7.82. The van der Waals surface area contributed by atoms with E-state index in [4.69, 9.17) is 15.9 Å². The number of nitrogens with one attached hydrogen (secondary N) is 1. The van der Waals surface area contributed by atoms with Crippen LogP contribution in [0.5, 0.6) is 5.75 Å². The monoisotopic (exact) mass is 289 g/mol. The van der Waals surface area contributed by atoms with E-state index in [0.29, 0.717) is 6.61 Å². The van der Waals surface area contributed by atoms with Crippen LogP contribution in [0.1, 0.15) is 37.3 Å². The van der Waals surface area contributed by atoms with Crippen molar-refractivity contribution in [2.24, 2.45) is 5.73 Å². The fourth-order valence-corrected chi connectivity index (χ4v) is 3.07. The predicted molar refractivity (Wildman–Crippen MR) is 83.8 cm³/mol. The summed E-state index contributed by atoms with van der Waals surface area (Å²) in [5.74, 6) is 1.12. The van der Waals surface area contributed by atoms with Crippen molar-refractivity contribution >= 4 is 17.2 Å². The highest BCUT2D eigenvalue weighted by Gasteiger charge is 2.19. The Kier molecular flexibility index (Phi) is 4.39. The van der Waals surface area contributed by atoms with Crippen LogP contribution < -0.4 is 10.5 Å². The van der Waals surface area contributed by atoms with Gasteiger partial charge in [-0.25, -0.2) is 4.98 Å². The van der Waals surface area contributed by atoms with Gasteiger partial charge in [0.15, 0.2) is 0 Å². The van der Waals surface area contributed by atoms with Gasteiger partial charge in [0.25, 0.3) is 0 Å². The minimum atomic E-state index is 0.0753. The lowest BCUT2D eigenvalue weighted by atomic mass is 10.1. The number of amidine groups is 1. The van der Waals surface area contributed by atoms with Gasteiger partial charge in [-0.3, -0.25) is 5.41 Å². The van der Waals surface area contributed by atoms with Crippen LogP contribution in [0, 0.1) is 5.41 Å². The van der Waals surface area contributed by atoms with Crippen LogP contribution in [0.15, 0.2) is 24.3 Å². The molecule has 0 aliphatic heterocycles. The number of nitrogens with two attached hydrogens (primary N) is 1. The second-order valence-corrected chi connectivity index (χ2v) is 5.73. The zero-order valence-electron chi connectivity index (χ0n) is 11.9. The fourth-order valence-electron chi connectivity index (χ4n) is 1.96. The van der Waals surface area contributed by atoms with E-state index >= 15 is 0 Å². The summed E-state index contributed by atoms with van der Waals surface area (Å²) < 4.78 is 5.64. The first-order chi connectivity index (χ1) is 9.54. The van der Waals surface area contributed by atoms with Gasteiger partial charge >= 0.3 is 0 Å². The van der Waals surface area contributed by atoms with Gasteiger partial charge in [0, 0.05) is 0 Å². The van der Waals surface area contributed by atoms with Crippen LogP contribution in [0.4, 0.5) is 0 Å². The third kappa shape index (κ3) is 2.82. The number of para-hydroxylation sites is 1. The molecule has 4 nitrogen and oxygen atoms in total. The molecule has 1 aromatic heterocycles. The number of nitrogen functional groups attached to an aromatic ring is 1. The summed E-state index contributed by atoms with van der Waals surface area (Å²) in [4.78, 5) is 5.41. The molecule has 0 atom stereocenters. The van der Waals surface area contributed by atoms with Gasteiger partial charge in [-0.1, -0.05) is 26.0 Å². The minimum absolute atomic E-state index is 0.0753. The molecule has 0 radical (unpaired) electrons. The summed E-state index contributed by atoms with van der Waals surface area (Å²) in [7, 11) is 0. The number of benzene rings is 1. The number of thiazole rings is 1. The van der Waals surface area contributed by atoms with Crippen molar-refractivity contribution in [3.63, 3.8) is 0 Å². The van der Waals surface area contributed by atoms with E-state index < -0.39 is 0 Å². The summed E-state index contributed by atoms with van der Waals surface area (Å²) in [6.07, 6.45) is 0. The molecule has 2 rings (SSSR count). The van der Waals surface area contributed by atoms with Crippen LogP contribution in [0.3, 0.4) is 0 Å². The number of hydrogen-bond acceptors (Lipinski definition) is 4. The Morgan fingerprint density at radius 2 is 2.10 bits per heavy atom. The van der Waals surface area contributed by atoms with E-state index in [-0.39, 0.29) is 11.8 Å². The third-order valence-electron chi connectivity index (χ3n) is 2.86.